The number of fused-ring (bicyclic) bond motifs is 1. The summed E-state index contributed by atoms with van der Waals surface area (Å²) in [4.78, 5) is 28.7. The molecular weight excluding hydrogens is 408 g/mol. The summed E-state index contributed by atoms with van der Waals surface area (Å²) < 4.78 is 17.0. The van der Waals surface area contributed by atoms with E-state index in [1.165, 1.54) is 4.90 Å². The van der Waals surface area contributed by atoms with Crippen LogP contribution in [0.2, 0.25) is 0 Å². The van der Waals surface area contributed by atoms with Crippen molar-refractivity contribution >= 4 is 17.5 Å². The highest BCUT2D eigenvalue weighted by Crippen LogP contribution is 2.34. The van der Waals surface area contributed by atoms with Gasteiger partial charge in [-0.05, 0) is 48.5 Å². The Kier molecular flexibility index (Phi) is 6.16. The maximum Gasteiger partial charge on any atom is 0.265 e. The molecule has 1 atom stereocenters. The van der Waals surface area contributed by atoms with E-state index >= 15 is 0 Å². The maximum absolute atomic E-state index is 13.1. The minimum atomic E-state index is -0.728. The molecule has 0 N–H and O–H groups in total. The van der Waals surface area contributed by atoms with Crippen molar-refractivity contribution in [2.75, 3.05) is 32.6 Å². The summed E-state index contributed by atoms with van der Waals surface area (Å²) in [7, 11) is 4.98. The van der Waals surface area contributed by atoms with E-state index in [9.17, 15) is 9.59 Å². The quantitative estimate of drug-likeness (QED) is 0.591. The molecule has 32 heavy (non-hydrogen) atoms. The number of hydrogen-bond acceptors (Lipinski definition) is 5. The molecule has 1 aliphatic rings. The molecular formula is C25H26N2O5. The van der Waals surface area contributed by atoms with Gasteiger partial charge in [-0.25, -0.2) is 0 Å². The van der Waals surface area contributed by atoms with Crippen molar-refractivity contribution in [3.05, 3.63) is 66.4 Å². The van der Waals surface area contributed by atoms with E-state index in [-0.39, 0.29) is 24.8 Å². The third-order valence-electron chi connectivity index (χ3n) is 5.41. The molecule has 2 amide bonds. The van der Waals surface area contributed by atoms with Crippen LogP contribution < -0.4 is 14.4 Å². The van der Waals surface area contributed by atoms with Crippen molar-refractivity contribution in [2.45, 2.75) is 18.9 Å². The number of likely N-dealkylation sites (N-methyl/N-ethyl adjacent to an activating group) is 1. The smallest absolute Gasteiger partial charge is 0.265 e. The molecule has 2 heterocycles. The molecule has 0 spiro atoms. The van der Waals surface area contributed by atoms with Crippen LogP contribution in [0.25, 0.3) is 11.3 Å². The van der Waals surface area contributed by atoms with Crippen molar-refractivity contribution < 1.29 is 23.5 Å². The van der Waals surface area contributed by atoms with Crippen LogP contribution in [0.5, 0.6) is 11.5 Å². The molecule has 1 aromatic heterocycles. The lowest BCUT2D eigenvalue weighted by atomic mass is 10.1. The lowest BCUT2D eigenvalue weighted by Gasteiger charge is -2.35. The Bertz CT molecular complexity index is 1100. The second-order valence-electron chi connectivity index (χ2n) is 7.81. The number of amides is 2. The van der Waals surface area contributed by atoms with Gasteiger partial charge in [0.25, 0.3) is 5.91 Å². The van der Waals surface area contributed by atoms with Crippen molar-refractivity contribution in [3.8, 4) is 22.8 Å². The van der Waals surface area contributed by atoms with Gasteiger partial charge in [0.1, 0.15) is 23.0 Å². The largest absolute Gasteiger partial charge is 0.497 e. The normalized spacial score (nSPS) is 15.0. The van der Waals surface area contributed by atoms with E-state index in [0.29, 0.717) is 17.9 Å². The Morgan fingerprint density at radius 2 is 1.81 bits per heavy atom. The zero-order chi connectivity index (χ0) is 22.7. The Hall–Kier alpha value is -3.74. The number of ether oxygens (including phenoxy) is 2. The van der Waals surface area contributed by atoms with Gasteiger partial charge in [0.15, 0.2) is 6.10 Å². The molecule has 0 fully saturated rings. The molecule has 0 unspecified atom stereocenters. The molecule has 0 radical (unpaired) electrons. The molecule has 7 heteroatoms. The standard InChI is InChI=1S/C25H26N2O5/c1-26(2)25(29)23-16-27(20-6-4-5-7-22(20)32-23)24(28)15-13-19-12-14-21(31-19)17-8-10-18(30-3)11-9-17/h4-12,14,23H,13,15-16H2,1-3H3/t23-/m0/s1. The summed E-state index contributed by atoms with van der Waals surface area (Å²) in [6, 6.07) is 18.7. The SMILES string of the molecule is COc1ccc(-c2ccc(CCC(=O)N3C[C@@H](C(=O)N(C)C)Oc4ccccc43)o2)cc1. The van der Waals surface area contributed by atoms with Crippen molar-refractivity contribution in [1.29, 1.82) is 0 Å². The fraction of sp³-hybridized carbons (Fsp3) is 0.280. The number of rotatable bonds is 6. The number of para-hydroxylation sites is 2. The number of carbonyl (C=O) groups excluding carboxylic acids is 2. The summed E-state index contributed by atoms with van der Waals surface area (Å²) in [6.07, 6.45) is -0.0118. The Morgan fingerprint density at radius 3 is 2.53 bits per heavy atom. The number of carbonyl (C=O) groups is 2. The summed E-state index contributed by atoms with van der Waals surface area (Å²) in [5, 5.41) is 0. The summed E-state index contributed by atoms with van der Waals surface area (Å²) in [5.74, 6) is 2.53. The van der Waals surface area contributed by atoms with Crippen LogP contribution in [0.15, 0.2) is 65.1 Å². The Balaban J connectivity index is 1.45. The third-order valence-corrected chi connectivity index (χ3v) is 5.41. The first-order valence-electron chi connectivity index (χ1n) is 10.5. The average Bonchev–Trinajstić information content (AvgIpc) is 3.30. The molecule has 0 saturated heterocycles. The molecule has 0 bridgehead atoms. The number of anilines is 1. The highest BCUT2D eigenvalue weighted by Gasteiger charge is 2.34. The van der Waals surface area contributed by atoms with Crippen LogP contribution in [0, 0.1) is 0 Å². The Labute approximate surface area is 187 Å². The fourth-order valence-corrected chi connectivity index (χ4v) is 3.67. The maximum atomic E-state index is 13.1. The first-order chi connectivity index (χ1) is 15.5. The van der Waals surface area contributed by atoms with Crippen molar-refractivity contribution in [1.82, 2.24) is 4.90 Å². The minimum Gasteiger partial charge on any atom is -0.497 e. The van der Waals surface area contributed by atoms with Gasteiger partial charge in [0.05, 0.1) is 19.3 Å². The van der Waals surface area contributed by atoms with E-state index in [4.69, 9.17) is 13.9 Å². The van der Waals surface area contributed by atoms with Crippen molar-refractivity contribution in [2.24, 2.45) is 0 Å². The van der Waals surface area contributed by atoms with Crippen LogP contribution in [-0.4, -0.2) is 50.6 Å². The van der Waals surface area contributed by atoms with Gasteiger partial charge in [-0.15, -0.1) is 0 Å². The topological polar surface area (TPSA) is 72.2 Å². The third kappa shape index (κ3) is 4.46. The minimum absolute atomic E-state index is 0.0836. The lowest BCUT2D eigenvalue weighted by Crippen LogP contribution is -2.50. The first kappa shape index (κ1) is 21.5. The molecule has 0 aliphatic carbocycles. The van der Waals surface area contributed by atoms with Gasteiger partial charge in [-0.2, -0.15) is 0 Å². The van der Waals surface area contributed by atoms with Crippen LogP contribution >= 0.6 is 0 Å². The molecule has 2 aromatic carbocycles. The molecule has 1 aliphatic heterocycles. The molecule has 7 nitrogen and oxygen atoms in total. The number of benzene rings is 2. The summed E-state index contributed by atoms with van der Waals surface area (Å²) in [5.41, 5.74) is 1.62. The van der Waals surface area contributed by atoms with Crippen LogP contribution in [-0.2, 0) is 16.0 Å². The van der Waals surface area contributed by atoms with E-state index in [0.717, 1.165) is 22.8 Å². The average molecular weight is 434 g/mol. The van der Waals surface area contributed by atoms with E-state index in [1.807, 2.05) is 54.6 Å². The molecule has 166 valence electrons. The Morgan fingerprint density at radius 1 is 1.06 bits per heavy atom. The predicted molar refractivity (Wildman–Crippen MR) is 121 cm³/mol. The van der Waals surface area contributed by atoms with Crippen molar-refractivity contribution in [3.63, 3.8) is 0 Å². The van der Waals surface area contributed by atoms with Crippen LogP contribution in [0.3, 0.4) is 0 Å². The summed E-state index contributed by atoms with van der Waals surface area (Å²) >= 11 is 0. The first-order valence-corrected chi connectivity index (χ1v) is 10.5. The molecule has 0 saturated carbocycles. The zero-order valence-corrected chi connectivity index (χ0v) is 18.4. The van der Waals surface area contributed by atoms with Gasteiger partial charge in [0.2, 0.25) is 5.91 Å². The van der Waals surface area contributed by atoms with E-state index < -0.39 is 6.10 Å². The van der Waals surface area contributed by atoms with Gasteiger partial charge in [-0.1, -0.05) is 12.1 Å². The van der Waals surface area contributed by atoms with Gasteiger partial charge >= 0.3 is 0 Å². The van der Waals surface area contributed by atoms with Gasteiger partial charge in [0, 0.05) is 32.5 Å². The number of aryl methyl sites for hydroxylation is 1. The van der Waals surface area contributed by atoms with Crippen LogP contribution in [0.4, 0.5) is 5.69 Å². The fourth-order valence-electron chi connectivity index (χ4n) is 3.67. The van der Waals surface area contributed by atoms with Crippen LogP contribution in [0.1, 0.15) is 12.2 Å². The highest BCUT2D eigenvalue weighted by molar-refractivity contribution is 5.97. The monoisotopic (exact) mass is 434 g/mol. The second kappa shape index (κ2) is 9.18. The summed E-state index contributed by atoms with van der Waals surface area (Å²) in [6.45, 7) is 0.183. The molecule has 3 aromatic rings. The number of hydrogen-bond donors (Lipinski definition) is 0. The van der Waals surface area contributed by atoms with Gasteiger partial charge in [-0.3, -0.25) is 9.59 Å². The lowest BCUT2D eigenvalue weighted by molar-refractivity contribution is -0.136. The number of methoxy groups -OCH3 is 1. The number of nitrogens with zero attached hydrogens (tertiary/aromatic N) is 2. The predicted octanol–water partition coefficient (Wildman–Crippen LogP) is 3.77. The molecule has 4 rings (SSSR count). The highest BCUT2D eigenvalue weighted by atomic mass is 16.5. The second-order valence-corrected chi connectivity index (χ2v) is 7.81. The number of furan rings is 1. The van der Waals surface area contributed by atoms with E-state index in [2.05, 4.69) is 0 Å². The van der Waals surface area contributed by atoms with E-state index in [1.54, 1.807) is 32.2 Å². The van der Waals surface area contributed by atoms with Gasteiger partial charge < -0.3 is 23.7 Å². The zero-order valence-electron chi connectivity index (χ0n) is 18.4.